The van der Waals surface area contributed by atoms with E-state index in [1.54, 1.807) is 0 Å². The third-order valence-electron chi connectivity index (χ3n) is 5.99. The monoisotopic (exact) mass is 397 g/mol. The van der Waals surface area contributed by atoms with Crippen LogP contribution in [0.5, 0.6) is 5.75 Å². The van der Waals surface area contributed by atoms with E-state index in [-0.39, 0.29) is 23.1 Å². The standard InChI is InChI=1S/C23H27NO5/c1-27-23(26)17-8-6-16(7-9-17)14-29-22-15-28-20(10-21(22)25)13-24-11-18-4-2-3-5-19(18)12-24/h2-5,10,15-17H,6-9,11-14H2,1H3/t16-,17-. The van der Waals surface area contributed by atoms with Crippen LogP contribution in [0.1, 0.15) is 42.6 Å². The molecule has 2 aliphatic rings. The number of rotatable bonds is 6. The Morgan fingerprint density at radius 3 is 2.45 bits per heavy atom. The Kier molecular flexibility index (Phi) is 6.00. The highest BCUT2D eigenvalue weighted by atomic mass is 16.5. The van der Waals surface area contributed by atoms with Crippen molar-refractivity contribution in [3.05, 3.63) is 63.7 Å². The molecule has 0 radical (unpaired) electrons. The lowest BCUT2D eigenvalue weighted by atomic mass is 9.82. The minimum Gasteiger partial charge on any atom is -0.486 e. The molecule has 29 heavy (non-hydrogen) atoms. The SMILES string of the molecule is COC(=O)[C@H]1CC[C@H](COc2coc(CN3Cc4ccccc4C3)cc2=O)CC1. The summed E-state index contributed by atoms with van der Waals surface area (Å²) < 4.78 is 16.2. The van der Waals surface area contributed by atoms with Gasteiger partial charge >= 0.3 is 5.97 Å². The number of methoxy groups -OCH3 is 1. The fourth-order valence-corrected chi connectivity index (χ4v) is 4.30. The third-order valence-corrected chi connectivity index (χ3v) is 5.99. The van der Waals surface area contributed by atoms with Gasteiger partial charge in [0.2, 0.25) is 11.2 Å². The van der Waals surface area contributed by atoms with E-state index < -0.39 is 0 Å². The largest absolute Gasteiger partial charge is 0.486 e. The molecule has 4 rings (SSSR count). The highest BCUT2D eigenvalue weighted by molar-refractivity contribution is 5.72. The second-order valence-corrected chi connectivity index (χ2v) is 8.04. The first-order valence-corrected chi connectivity index (χ1v) is 10.2. The number of carbonyl (C=O) groups is 1. The summed E-state index contributed by atoms with van der Waals surface area (Å²) in [6.45, 7) is 2.81. The lowest BCUT2D eigenvalue weighted by Gasteiger charge is -2.26. The fraction of sp³-hybridized carbons (Fsp3) is 0.478. The molecule has 1 saturated carbocycles. The van der Waals surface area contributed by atoms with Crippen LogP contribution >= 0.6 is 0 Å². The number of carbonyl (C=O) groups excluding carboxylic acids is 1. The smallest absolute Gasteiger partial charge is 0.308 e. The van der Waals surface area contributed by atoms with Crippen molar-refractivity contribution in [3.8, 4) is 5.75 Å². The molecule has 0 unspecified atom stereocenters. The second kappa shape index (κ2) is 8.82. The number of hydrogen-bond acceptors (Lipinski definition) is 6. The van der Waals surface area contributed by atoms with E-state index in [0.717, 1.165) is 38.8 Å². The zero-order valence-corrected chi connectivity index (χ0v) is 16.8. The molecule has 2 heterocycles. The Balaban J connectivity index is 1.27. The molecule has 0 amide bonds. The first-order chi connectivity index (χ1) is 14.1. The van der Waals surface area contributed by atoms with Crippen molar-refractivity contribution < 1.29 is 18.7 Å². The number of hydrogen-bond donors (Lipinski definition) is 0. The first-order valence-electron chi connectivity index (χ1n) is 10.2. The Labute approximate surface area is 170 Å². The zero-order chi connectivity index (χ0) is 20.2. The summed E-state index contributed by atoms with van der Waals surface area (Å²) in [6, 6.07) is 9.92. The third kappa shape index (κ3) is 4.70. The fourth-order valence-electron chi connectivity index (χ4n) is 4.30. The van der Waals surface area contributed by atoms with Gasteiger partial charge in [-0.2, -0.15) is 0 Å². The summed E-state index contributed by atoms with van der Waals surface area (Å²) in [5.74, 6) is 1.12. The minimum atomic E-state index is -0.147. The summed E-state index contributed by atoms with van der Waals surface area (Å²) in [7, 11) is 1.43. The summed E-state index contributed by atoms with van der Waals surface area (Å²) in [4.78, 5) is 26.3. The van der Waals surface area contributed by atoms with Crippen LogP contribution < -0.4 is 10.2 Å². The van der Waals surface area contributed by atoms with Gasteiger partial charge in [0.1, 0.15) is 12.0 Å². The molecule has 0 saturated heterocycles. The van der Waals surface area contributed by atoms with Gasteiger partial charge in [0.15, 0.2) is 0 Å². The highest BCUT2D eigenvalue weighted by Gasteiger charge is 2.27. The highest BCUT2D eigenvalue weighted by Crippen LogP contribution is 2.30. The zero-order valence-electron chi connectivity index (χ0n) is 16.8. The molecule has 0 atom stereocenters. The van der Waals surface area contributed by atoms with E-state index in [9.17, 15) is 9.59 Å². The first kappa shape index (κ1) is 19.7. The molecule has 1 aliphatic carbocycles. The Hall–Kier alpha value is -2.60. The van der Waals surface area contributed by atoms with Crippen LogP contribution in [0, 0.1) is 11.8 Å². The van der Waals surface area contributed by atoms with Crippen LogP contribution in [0.2, 0.25) is 0 Å². The van der Waals surface area contributed by atoms with Gasteiger partial charge in [0.25, 0.3) is 0 Å². The van der Waals surface area contributed by atoms with Gasteiger partial charge in [-0.25, -0.2) is 0 Å². The van der Waals surface area contributed by atoms with Crippen LogP contribution in [0.25, 0.3) is 0 Å². The molecule has 2 aromatic rings. The molecular formula is C23H27NO5. The molecule has 1 aromatic carbocycles. The number of nitrogens with zero attached hydrogens (tertiary/aromatic N) is 1. The molecule has 0 bridgehead atoms. The van der Waals surface area contributed by atoms with Crippen LogP contribution in [0.3, 0.4) is 0 Å². The maximum atomic E-state index is 12.4. The van der Waals surface area contributed by atoms with Gasteiger partial charge in [0.05, 0.1) is 26.2 Å². The van der Waals surface area contributed by atoms with E-state index >= 15 is 0 Å². The van der Waals surface area contributed by atoms with Crippen molar-refractivity contribution >= 4 is 5.97 Å². The molecule has 154 valence electrons. The van der Waals surface area contributed by atoms with E-state index in [1.807, 2.05) is 0 Å². The maximum Gasteiger partial charge on any atom is 0.308 e. The van der Waals surface area contributed by atoms with E-state index in [2.05, 4.69) is 29.2 Å². The Morgan fingerprint density at radius 1 is 1.14 bits per heavy atom. The molecule has 1 fully saturated rings. The molecule has 1 aromatic heterocycles. The normalized spacial score (nSPS) is 21.6. The van der Waals surface area contributed by atoms with Gasteiger partial charge in [-0.1, -0.05) is 24.3 Å². The minimum absolute atomic E-state index is 0.00247. The molecule has 0 spiro atoms. The van der Waals surface area contributed by atoms with Gasteiger partial charge in [0, 0.05) is 19.2 Å². The quantitative estimate of drug-likeness (QED) is 0.695. The van der Waals surface area contributed by atoms with Crippen LogP contribution in [0.15, 0.2) is 45.8 Å². The number of fused-ring (bicyclic) bond motifs is 1. The van der Waals surface area contributed by atoms with Gasteiger partial charge in [-0.15, -0.1) is 0 Å². The van der Waals surface area contributed by atoms with Crippen molar-refractivity contribution in [2.75, 3.05) is 13.7 Å². The maximum absolute atomic E-state index is 12.4. The van der Waals surface area contributed by atoms with Crippen LogP contribution in [-0.2, 0) is 29.2 Å². The van der Waals surface area contributed by atoms with E-state index in [1.165, 1.54) is 30.6 Å². The van der Waals surface area contributed by atoms with Gasteiger partial charge < -0.3 is 13.9 Å². The van der Waals surface area contributed by atoms with E-state index in [0.29, 0.717) is 24.8 Å². The van der Waals surface area contributed by atoms with Crippen molar-refractivity contribution in [2.24, 2.45) is 11.8 Å². The van der Waals surface area contributed by atoms with Crippen molar-refractivity contribution in [2.45, 2.75) is 45.3 Å². The van der Waals surface area contributed by atoms with Crippen molar-refractivity contribution in [3.63, 3.8) is 0 Å². The summed E-state index contributed by atoms with van der Waals surface area (Å²) in [5.41, 5.74) is 2.51. The van der Waals surface area contributed by atoms with Gasteiger partial charge in [-0.3, -0.25) is 14.5 Å². The number of benzene rings is 1. The Morgan fingerprint density at radius 2 is 1.83 bits per heavy atom. The van der Waals surface area contributed by atoms with E-state index in [4.69, 9.17) is 13.9 Å². The lowest BCUT2D eigenvalue weighted by molar-refractivity contribution is -0.146. The van der Waals surface area contributed by atoms with Gasteiger partial charge in [-0.05, 0) is 42.7 Å². The molecule has 1 aliphatic heterocycles. The predicted octanol–water partition coefficient (Wildman–Crippen LogP) is 3.51. The molecular weight excluding hydrogens is 370 g/mol. The summed E-state index contributed by atoms with van der Waals surface area (Å²) in [5, 5.41) is 0. The number of ether oxygens (including phenoxy) is 2. The van der Waals surface area contributed by atoms with Crippen LogP contribution in [-0.4, -0.2) is 24.6 Å². The van der Waals surface area contributed by atoms with Crippen molar-refractivity contribution in [1.82, 2.24) is 4.90 Å². The summed E-state index contributed by atoms with van der Waals surface area (Å²) in [6.07, 6.45) is 4.86. The molecule has 0 N–H and O–H groups in total. The second-order valence-electron chi connectivity index (χ2n) is 8.04. The Bertz CT molecular complexity index is 888. The molecule has 6 heteroatoms. The average molecular weight is 397 g/mol. The van der Waals surface area contributed by atoms with Crippen LogP contribution in [0.4, 0.5) is 0 Å². The number of esters is 1. The average Bonchev–Trinajstić information content (AvgIpc) is 3.15. The predicted molar refractivity (Wildman–Crippen MR) is 107 cm³/mol. The summed E-state index contributed by atoms with van der Waals surface area (Å²) >= 11 is 0. The molecule has 6 nitrogen and oxygen atoms in total. The topological polar surface area (TPSA) is 69.0 Å². The lowest BCUT2D eigenvalue weighted by Crippen LogP contribution is -2.26. The van der Waals surface area contributed by atoms with Crippen molar-refractivity contribution in [1.29, 1.82) is 0 Å².